The molecule has 1 saturated heterocycles. The first-order valence-corrected chi connectivity index (χ1v) is 10.7. The van der Waals surface area contributed by atoms with Crippen LogP contribution in [0.15, 0.2) is 23.0 Å². The molecule has 3 aromatic rings. The number of aromatic amines is 1. The zero-order chi connectivity index (χ0) is 21.3. The van der Waals surface area contributed by atoms with E-state index in [0.29, 0.717) is 19.1 Å². The second kappa shape index (κ2) is 8.65. The number of benzene rings is 1. The average Bonchev–Trinajstić information content (AvgIpc) is 3.16. The molecular weight excluding hydrogens is 380 g/mol. The molecule has 0 radical (unpaired) electrons. The summed E-state index contributed by atoms with van der Waals surface area (Å²) in [6.07, 6.45) is 2.27. The molecule has 2 N–H and O–H groups in total. The number of nitrogens with zero attached hydrogens (tertiary/aromatic N) is 4. The van der Waals surface area contributed by atoms with Crippen molar-refractivity contribution in [3.05, 3.63) is 51.1 Å². The summed E-state index contributed by atoms with van der Waals surface area (Å²) in [5.74, 6) is 1.44. The number of rotatable bonds is 6. The Bertz CT molecular complexity index is 1080. The van der Waals surface area contributed by atoms with Crippen LogP contribution in [0.25, 0.3) is 10.9 Å². The average molecular weight is 412 g/mol. The third kappa shape index (κ3) is 4.02. The molecule has 3 heterocycles. The van der Waals surface area contributed by atoms with E-state index in [9.17, 15) is 4.79 Å². The molecule has 1 fully saturated rings. The molecule has 1 aliphatic heterocycles. The summed E-state index contributed by atoms with van der Waals surface area (Å²) in [5.41, 5.74) is 3.83. The minimum atomic E-state index is -0.210. The molecule has 30 heavy (non-hydrogen) atoms. The maximum atomic E-state index is 13.3. The Morgan fingerprint density at radius 3 is 2.77 bits per heavy atom. The minimum Gasteiger partial charge on any atom is -0.383 e. The van der Waals surface area contributed by atoms with E-state index in [-0.39, 0.29) is 11.6 Å². The highest BCUT2D eigenvalue weighted by atomic mass is 16.5. The summed E-state index contributed by atoms with van der Waals surface area (Å²) in [4.78, 5) is 17.7. The lowest BCUT2D eigenvalue weighted by molar-refractivity contribution is -0.932. The Balaban J connectivity index is 1.85. The highest BCUT2D eigenvalue weighted by molar-refractivity contribution is 5.83. The summed E-state index contributed by atoms with van der Waals surface area (Å²) >= 11 is 0. The number of aromatic nitrogens is 5. The Morgan fingerprint density at radius 1 is 1.27 bits per heavy atom. The molecule has 160 valence electrons. The Morgan fingerprint density at radius 2 is 2.03 bits per heavy atom. The summed E-state index contributed by atoms with van der Waals surface area (Å²) in [5, 5.41) is 13.6. The molecule has 0 saturated carbocycles. The van der Waals surface area contributed by atoms with Crippen molar-refractivity contribution in [3.63, 3.8) is 0 Å². The van der Waals surface area contributed by atoms with E-state index in [1.54, 1.807) is 11.8 Å². The van der Waals surface area contributed by atoms with Crippen LogP contribution in [-0.4, -0.2) is 52.0 Å². The molecule has 1 atom stereocenters. The zero-order valence-corrected chi connectivity index (χ0v) is 18.2. The Kier molecular flexibility index (Phi) is 5.97. The SMILES string of the molecule is COCCn1nnnc1[C@@H](c1cc2c(C)cc(C)cc2[nH]c1=O)[NH+]1CCC(C)CC1. The number of fused-ring (bicyclic) bond motifs is 1. The van der Waals surface area contributed by atoms with E-state index in [1.807, 2.05) is 19.1 Å². The number of hydrogen-bond acceptors (Lipinski definition) is 5. The molecule has 8 nitrogen and oxygen atoms in total. The lowest BCUT2D eigenvalue weighted by Crippen LogP contribution is -3.13. The number of piperidine rings is 1. The summed E-state index contributed by atoms with van der Waals surface area (Å²) in [6.45, 7) is 9.49. The van der Waals surface area contributed by atoms with E-state index in [4.69, 9.17) is 4.74 Å². The molecular formula is C22H31N6O2+. The molecule has 1 aromatic carbocycles. The highest BCUT2D eigenvalue weighted by Gasteiger charge is 2.36. The van der Waals surface area contributed by atoms with Crippen LogP contribution < -0.4 is 10.5 Å². The van der Waals surface area contributed by atoms with Gasteiger partial charge in [0, 0.05) is 18.0 Å². The van der Waals surface area contributed by atoms with Crippen molar-refractivity contribution in [2.24, 2.45) is 5.92 Å². The van der Waals surface area contributed by atoms with Crippen molar-refractivity contribution >= 4 is 10.9 Å². The van der Waals surface area contributed by atoms with E-state index in [1.165, 1.54) is 4.90 Å². The van der Waals surface area contributed by atoms with E-state index in [0.717, 1.165) is 59.3 Å². The Labute approximate surface area is 176 Å². The topological polar surface area (TPSA) is 90.1 Å². The second-order valence-electron chi connectivity index (χ2n) is 8.62. The predicted molar refractivity (Wildman–Crippen MR) is 115 cm³/mol. The number of tetrazole rings is 1. The fraction of sp³-hybridized carbons (Fsp3) is 0.545. The molecule has 0 bridgehead atoms. The maximum absolute atomic E-state index is 13.3. The largest absolute Gasteiger partial charge is 0.383 e. The lowest BCUT2D eigenvalue weighted by atomic mass is 9.94. The van der Waals surface area contributed by atoms with Crippen molar-refractivity contribution in [1.29, 1.82) is 0 Å². The van der Waals surface area contributed by atoms with Crippen LogP contribution in [0.5, 0.6) is 0 Å². The number of H-pyrrole nitrogens is 1. The first-order valence-electron chi connectivity index (χ1n) is 10.7. The van der Waals surface area contributed by atoms with Crippen LogP contribution in [0.2, 0.25) is 0 Å². The van der Waals surface area contributed by atoms with Crippen LogP contribution in [0.4, 0.5) is 0 Å². The number of ether oxygens (including phenoxy) is 1. The normalized spacial score (nSPS) is 20.5. The lowest BCUT2D eigenvalue weighted by Gasteiger charge is -2.33. The predicted octanol–water partition coefficient (Wildman–Crippen LogP) is 1.18. The van der Waals surface area contributed by atoms with Crippen molar-refractivity contribution in [3.8, 4) is 0 Å². The van der Waals surface area contributed by atoms with Gasteiger partial charge in [0.05, 0.1) is 31.8 Å². The molecule has 8 heteroatoms. The molecule has 1 aliphatic rings. The van der Waals surface area contributed by atoms with Crippen molar-refractivity contribution < 1.29 is 9.64 Å². The van der Waals surface area contributed by atoms with Gasteiger partial charge in [-0.1, -0.05) is 13.0 Å². The number of quaternary nitrogens is 1. The number of nitrogens with one attached hydrogen (secondary N) is 2. The fourth-order valence-electron chi connectivity index (χ4n) is 4.62. The van der Waals surface area contributed by atoms with E-state index < -0.39 is 0 Å². The molecule has 0 spiro atoms. The van der Waals surface area contributed by atoms with Crippen molar-refractivity contribution in [2.75, 3.05) is 26.8 Å². The van der Waals surface area contributed by atoms with Gasteiger partial charge in [-0.05, 0) is 66.3 Å². The van der Waals surface area contributed by atoms with Gasteiger partial charge in [0.1, 0.15) is 0 Å². The molecule has 0 aliphatic carbocycles. The first-order chi connectivity index (χ1) is 14.5. The zero-order valence-electron chi connectivity index (χ0n) is 18.2. The first kappa shape index (κ1) is 20.7. The van der Waals surface area contributed by atoms with Gasteiger partial charge in [0.2, 0.25) is 5.82 Å². The van der Waals surface area contributed by atoms with Crippen LogP contribution in [0, 0.1) is 19.8 Å². The van der Waals surface area contributed by atoms with Crippen LogP contribution in [0.1, 0.15) is 48.3 Å². The van der Waals surface area contributed by atoms with Crippen molar-refractivity contribution in [1.82, 2.24) is 25.2 Å². The fourth-order valence-corrected chi connectivity index (χ4v) is 4.62. The van der Waals surface area contributed by atoms with Gasteiger partial charge in [-0.15, -0.1) is 5.10 Å². The highest BCUT2D eigenvalue weighted by Crippen LogP contribution is 2.23. The molecule has 0 unspecified atom stereocenters. The van der Waals surface area contributed by atoms with Gasteiger partial charge in [0.15, 0.2) is 6.04 Å². The number of methoxy groups -OCH3 is 1. The van der Waals surface area contributed by atoms with Crippen LogP contribution in [0.3, 0.4) is 0 Å². The summed E-state index contributed by atoms with van der Waals surface area (Å²) < 4.78 is 7.01. The summed E-state index contributed by atoms with van der Waals surface area (Å²) in [7, 11) is 1.66. The Hall–Kier alpha value is -2.58. The maximum Gasteiger partial charge on any atom is 0.258 e. The second-order valence-corrected chi connectivity index (χ2v) is 8.62. The molecule has 4 rings (SSSR count). The standard InChI is InChI=1S/C22H30N6O2/c1-14-5-7-27(8-6-14)20(21-24-25-26-28(21)9-10-30-4)18-13-17-16(3)11-15(2)12-19(17)23-22(18)29/h11-14,20H,5-10H2,1-4H3,(H,23,29)/p+1/t20-/m1/s1. The van der Waals surface area contributed by atoms with Crippen LogP contribution in [-0.2, 0) is 11.3 Å². The smallest absolute Gasteiger partial charge is 0.258 e. The van der Waals surface area contributed by atoms with Crippen LogP contribution >= 0.6 is 0 Å². The van der Waals surface area contributed by atoms with Gasteiger partial charge >= 0.3 is 0 Å². The quantitative estimate of drug-likeness (QED) is 0.636. The molecule has 2 aromatic heterocycles. The van der Waals surface area contributed by atoms with Gasteiger partial charge in [-0.2, -0.15) is 0 Å². The van der Waals surface area contributed by atoms with Gasteiger partial charge in [-0.25, -0.2) is 4.68 Å². The third-order valence-corrected chi connectivity index (χ3v) is 6.30. The number of hydrogen-bond donors (Lipinski definition) is 2. The van der Waals surface area contributed by atoms with Gasteiger partial charge < -0.3 is 14.6 Å². The van der Waals surface area contributed by atoms with Gasteiger partial charge in [-0.3, -0.25) is 4.79 Å². The molecule has 0 amide bonds. The number of likely N-dealkylation sites (tertiary alicyclic amines) is 1. The summed E-state index contributed by atoms with van der Waals surface area (Å²) in [6, 6.07) is 6.02. The number of aryl methyl sites for hydroxylation is 2. The third-order valence-electron chi connectivity index (χ3n) is 6.30. The van der Waals surface area contributed by atoms with E-state index >= 15 is 0 Å². The monoisotopic (exact) mass is 411 g/mol. The number of pyridine rings is 1. The minimum absolute atomic E-state index is 0.0649. The van der Waals surface area contributed by atoms with E-state index in [2.05, 4.69) is 40.4 Å². The van der Waals surface area contributed by atoms with Crippen molar-refractivity contribution in [2.45, 2.75) is 46.2 Å². The van der Waals surface area contributed by atoms with Gasteiger partial charge in [0.25, 0.3) is 5.56 Å².